The maximum absolute atomic E-state index is 5.52. The fourth-order valence-corrected chi connectivity index (χ4v) is 4.24. The highest BCUT2D eigenvalue weighted by atomic mass is 79.9. The fraction of sp³-hybridized carbons (Fsp3) is 0.647. The largest absolute Gasteiger partial charge is 0.493 e. The van der Waals surface area contributed by atoms with Crippen LogP contribution in [-0.2, 0) is 6.42 Å². The van der Waals surface area contributed by atoms with E-state index in [1.165, 1.54) is 30.4 Å². The second-order valence-corrected chi connectivity index (χ2v) is 6.80. The predicted octanol–water partition coefficient (Wildman–Crippen LogP) is 4.27. The molecular formula is C17H26BrNO2. The van der Waals surface area contributed by atoms with Crippen LogP contribution in [0.2, 0.25) is 0 Å². The number of nitrogens with one attached hydrogen (secondary N) is 1. The van der Waals surface area contributed by atoms with Crippen LogP contribution in [0.15, 0.2) is 10.5 Å². The van der Waals surface area contributed by atoms with E-state index in [9.17, 15) is 0 Å². The number of rotatable bonds is 5. The smallest absolute Gasteiger partial charge is 0.175 e. The SMILES string of the molecule is COc1cc(CC2CCCCN2)c(C(C)C)c(Br)c1OC. The first-order valence-electron chi connectivity index (χ1n) is 7.75. The molecule has 1 aliphatic heterocycles. The number of hydrogen-bond donors (Lipinski definition) is 1. The molecule has 0 spiro atoms. The number of ether oxygens (including phenoxy) is 2. The second-order valence-electron chi connectivity index (χ2n) is 6.00. The van der Waals surface area contributed by atoms with Crippen molar-refractivity contribution < 1.29 is 9.47 Å². The van der Waals surface area contributed by atoms with Gasteiger partial charge in [0.1, 0.15) is 0 Å². The van der Waals surface area contributed by atoms with Gasteiger partial charge in [-0.05, 0) is 64.8 Å². The van der Waals surface area contributed by atoms with Crippen LogP contribution in [0.4, 0.5) is 0 Å². The zero-order valence-corrected chi connectivity index (χ0v) is 15.0. The van der Waals surface area contributed by atoms with Gasteiger partial charge in [0.25, 0.3) is 0 Å². The molecule has 1 N–H and O–H groups in total. The Hall–Kier alpha value is -0.740. The Bertz CT molecular complexity index is 482. The second kappa shape index (κ2) is 7.50. The molecule has 1 aliphatic rings. The molecule has 3 nitrogen and oxygen atoms in total. The summed E-state index contributed by atoms with van der Waals surface area (Å²) in [6.07, 6.45) is 4.92. The van der Waals surface area contributed by atoms with Crippen molar-refractivity contribution >= 4 is 15.9 Å². The predicted molar refractivity (Wildman–Crippen MR) is 90.7 cm³/mol. The highest BCUT2D eigenvalue weighted by Crippen LogP contribution is 2.43. The van der Waals surface area contributed by atoms with E-state index in [1.54, 1.807) is 14.2 Å². The van der Waals surface area contributed by atoms with Gasteiger partial charge in [0.2, 0.25) is 0 Å². The molecule has 0 aromatic heterocycles. The minimum absolute atomic E-state index is 0.442. The standard InChI is InChI=1S/C17H26BrNO2/c1-11(2)15-12(9-13-7-5-6-8-19-13)10-14(20-3)17(21-4)16(15)18/h10-11,13,19H,5-9H2,1-4H3. The molecule has 1 atom stereocenters. The first-order valence-corrected chi connectivity index (χ1v) is 8.54. The first kappa shape index (κ1) is 16.6. The van der Waals surface area contributed by atoms with Gasteiger partial charge in [0.05, 0.1) is 18.7 Å². The van der Waals surface area contributed by atoms with Crippen molar-refractivity contribution in [1.29, 1.82) is 0 Å². The van der Waals surface area contributed by atoms with E-state index < -0.39 is 0 Å². The lowest BCUT2D eigenvalue weighted by molar-refractivity contribution is 0.350. The van der Waals surface area contributed by atoms with Crippen LogP contribution < -0.4 is 14.8 Å². The molecule has 0 saturated carbocycles. The number of benzene rings is 1. The quantitative estimate of drug-likeness (QED) is 0.855. The molecule has 1 aromatic rings. The van der Waals surface area contributed by atoms with Gasteiger partial charge in [-0.1, -0.05) is 20.3 Å². The molecular weight excluding hydrogens is 330 g/mol. The van der Waals surface area contributed by atoms with Crippen LogP contribution in [0.5, 0.6) is 11.5 Å². The van der Waals surface area contributed by atoms with Crippen molar-refractivity contribution in [3.8, 4) is 11.5 Å². The van der Waals surface area contributed by atoms with E-state index in [4.69, 9.17) is 9.47 Å². The van der Waals surface area contributed by atoms with Crippen LogP contribution in [0.25, 0.3) is 0 Å². The van der Waals surface area contributed by atoms with Crippen LogP contribution >= 0.6 is 15.9 Å². The van der Waals surface area contributed by atoms with Crippen molar-refractivity contribution in [2.45, 2.75) is 51.5 Å². The van der Waals surface area contributed by atoms with Gasteiger partial charge in [0.15, 0.2) is 11.5 Å². The summed E-state index contributed by atoms with van der Waals surface area (Å²) in [5.74, 6) is 2.04. The van der Waals surface area contributed by atoms with E-state index >= 15 is 0 Å². The first-order chi connectivity index (χ1) is 10.1. The topological polar surface area (TPSA) is 30.5 Å². The van der Waals surface area contributed by atoms with Gasteiger partial charge in [-0.3, -0.25) is 0 Å². The van der Waals surface area contributed by atoms with Gasteiger partial charge in [-0.2, -0.15) is 0 Å². The lowest BCUT2D eigenvalue weighted by atomic mass is 9.90. The molecule has 1 unspecified atom stereocenters. The van der Waals surface area contributed by atoms with Crippen LogP contribution in [0, 0.1) is 0 Å². The molecule has 4 heteroatoms. The molecule has 1 saturated heterocycles. The summed E-state index contributed by atoms with van der Waals surface area (Å²) < 4.78 is 12.1. The number of hydrogen-bond acceptors (Lipinski definition) is 3. The van der Waals surface area contributed by atoms with Crippen LogP contribution in [-0.4, -0.2) is 26.8 Å². The van der Waals surface area contributed by atoms with Gasteiger partial charge in [-0.15, -0.1) is 0 Å². The third kappa shape index (κ3) is 3.72. The summed E-state index contributed by atoms with van der Waals surface area (Å²) in [7, 11) is 3.39. The summed E-state index contributed by atoms with van der Waals surface area (Å²) in [6.45, 7) is 5.59. The van der Waals surface area contributed by atoms with E-state index in [1.807, 2.05) is 0 Å². The van der Waals surface area contributed by atoms with Crippen molar-refractivity contribution in [2.24, 2.45) is 0 Å². The highest BCUT2D eigenvalue weighted by Gasteiger charge is 2.22. The van der Waals surface area contributed by atoms with Crippen molar-refractivity contribution in [3.63, 3.8) is 0 Å². The third-order valence-electron chi connectivity index (χ3n) is 4.19. The molecule has 1 fully saturated rings. The van der Waals surface area contributed by atoms with E-state index in [0.717, 1.165) is 28.9 Å². The van der Waals surface area contributed by atoms with Crippen molar-refractivity contribution in [2.75, 3.05) is 20.8 Å². The van der Waals surface area contributed by atoms with Crippen molar-refractivity contribution in [3.05, 3.63) is 21.7 Å². The Morgan fingerprint density at radius 2 is 2.05 bits per heavy atom. The van der Waals surface area contributed by atoms with E-state index in [2.05, 4.69) is 41.2 Å². The lowest BCUT2D eigenvalue weighted by Gasteiger charge is -2.26. The maximum Gasteiger partial charge on any atom is 0.175 e. The van der Waals surface area contributed by atoms with Crippen LogP contribution in [0.3, 0.4) is 0 Å². The molecule has 2 rings (SSSR count). The third-order valence-corrected chi connectivity index (χ3v) is 4.98. The van der Waals surface area contributed by atoms with Gasteiger partial charge >= 0.3 is 0 Å². The highest BCUT2D eigenvalue weighted by molar-refractivity contribution is 9.10. The fourth-order valence-electron chi connectivity index (χ4n) is 3.17. The Kier molecular flexibility index (Phi) is 5.94. The molecule has 0 radical (unpaired) electrons. The Morgan fingerprint density at radius 3 is 2.57 bits per heavy atom. The molecule has 0 aliphatic carbocycles. The summed E-state index contributed by atoms with van der Waals surface area (Å²) in [5, 5.41) is 3.63. The number of halogens is 1. The molecule has 118 valence electrons. The molecule has 0 bridgehead atoms. The molecule has 1 aromatic carbocycles. The Balaban J connectivity index is 2.39. The van der Waals surface area contributed by atoms with Gasteiger partial charge in [0, 0.05) is 6.04 Å². The normalized spacial score (nSPS) is 18.9. The zero-order chi connectivity index (χ0) is 15.4. The maximum atomic E-state index is 5.52. The number of methoxy groups -OCH3 is 2. The summed E-state index contributed by atoms with van der Waals surface area (Å²) in [4.78, 5) is 0. The molecule has 21 heavy (non-hydrogen) atoms. The molecule has 0 amide bonds. The van der Waals surface area contributed by atoms with Gasteiger partial charge in [-0.25, -0.2) is 0 Å². The monoisotopic (exact) mass is 355 g/mol. The average molecular weight is 356 g/mol. The van der Waals surface area contributed by atoms with E-state index in [0.29, 0.717) is 12.0 Å². The Labute approximate surface area is 136 Å². The Morgan fingerprint density at radius 1 is 1.29 bits per heavy atom. The van der Waals surface area contributed by atoms with Crippen molar-refractivity contribution in [1.82, 2.24) is 5.32 Å². The van der Waals surface area contributed by atoms with Crippen LogP contribution in [0.1, 0.15) is 50.2 Å². The summed E-state index contributed by atoms with van der Waals surface area (Å²) in [6, 6.07) is 2.72. The molecule has 1 heterocycles. The summed E-state index contributed by atoms with van der Waals surface area (Å²) in [5.41, 5.74) is 2.69. The zero-order valence-electron chi connectivity index (χ0n) is 13.5. The minimum Gasteiger partial charge on any atom is -0.493 e. The van der Waals surface area contributed by atoms with E-state index in [-0.39, 0.29) is 0 Å². The average Bonchev–Trinajstić information content (AvgIpc) is 2.47. The lowest BCUT2D eigenvalue weighted by Crippen LogP contribution is -2.35. The van der Waals surface area contributed by atoms with Gasteiger partial charge < -0.3 is 14.8 Å². The minimum atomic E-state index is 0.442. The summed E-state index contributed by atoms with van der Waals surface area (Å²) >= 11 is 3.72. The number of piperidine rings is 1.